The van der Waals surface area contributed by atoms with E-state index in [2.05, 4.69) is 10.6 Å². The van der Waals surface area contributed by atoms with Crippen LogP contribution in [-0.4, -0.2) is 16.6 Å². The molecular formula is C13H16F2N2OS. The first-order valence-electron chi connectivity index (χ1n) is 5.74. The third-order valence-corrected chi connectivity index (χ3v) is 2.34. The smallest absolute Gasteiger partial charge is 0.230 e. The van der Waals surface area contributed by atoms with Gasteiger partial charge in [-0.3, -0.25) is 4.79 Å². The lowest BCUT2D eigenvalue weighted by Crippen LogP contribution is -2.48. The van der Waals surface area contributed by atoms with Gasteiger partial charge in [0.05, 0.1) is 6.42 Å². The highest BCUT2D eigenvalue weighted by molar-refractivity contribution is 7.80. The fourth-order valence-electron chi connectivity index (χ4n) is 1.40. The first kappa shape index (κ1) is 15.5. The van der Waals surface area contributed by atoms with Crippen LogP contribution >= 0.6 is 12.2 Å². The molecule has 19 heavy (non-hydrogen) atoms. The molecule has 0 unspecified atom stereocenters. The van der Waals surface area contributed by atoms with Crippen molar-refractivity contribution in [1.82, 2.24) is 10.6 Å². The zero-order valence-corrected chi connectivity index (χ0v) is 11.8. The van der Waals surface area contributed by atoms with Crippen LogP contribution in [0.2, 0.25) is 0 Å². The van der Waals surface area contributed by atoms with Crippen molar-refractivity contribution in [2.45, 2.75) is 32.7 Å². The highest BCUT2D eigenvalue weighted by atomic mass is 32.1. The van der Waals surface area contributed by atoms with Crippen LogP contribution < -0.4 is 10.6 Å². The maximum Gasteiger partial charge on any atom is 0.230 e. The minimum absolute atomic E-state index is 0.134. The van der Waals surface area contributed by atoms with Gasteiger partial charge in [0.25, 0.3) is 0 Å². The number of amides is 1. The molecule has 0 aromatic heterocycles. The Bertz CT molecular complexity index is 478. The summed E-state index contributed by atoms with van der Waals surface area (Å²) in [6.45, 7) is 5.63. The van der Waals surface area contributed by atoms with Gasteiger partial charge in [-0.2, -0.15) is 0 Å². The average Bonchev–Trinajstić information content (AvgIpc) is 2.20. The maximum absolute atomic E-state index is 13.4. The van der Waals surface area contributed by atoms with Crippen LogP contribution in [0.25, 0.3) is 0 Å². The second kappa shape index (κ2) is 6.06. The lowest BCUT2D eigenvalue weighted by atomic mass is 10.1. The molecule has 1 aromatic carbocycles. The number of nitrogens with one attached hydrogen (secondary N) is 2. The molecule has 0 fully saturated rings. The van der Waals surface area contributed by atoms with Gasteiger partial charge in [0, 0.05) is 11.1 Å². The normalized spacial score (nSPS) is 11.0. The summed E-state index contributed by atoms with van der Waals surface area (Å²) in [5.41, 5.74) is -0.563. The number of carbonyl (C=O) groups is 1. The maximum atomic E-state index is 13.4. The van der Waals surface area contributed by atoms with Crippen LogP contribution in [0, 0.1) is 11.6 Å². The zero-order valence-electron chi connectivity index (χ0n) is 11.0. The topological polar surface area (TPSA) is 41.1 Å². The summed E-state index contributed by atoms with van der Waals surface area (Å²) in [7, 11) is 0. The van der Waals surface area contributed by atoms with Gasteiger partial charge in [-0.05, 0) is 45.1 Å². The van der Waals surface area contributed by atoms with E-state index >= 15 is 0 Å². The van der Waals surface area contributed by atoms with E-state index in [9.17, 15) is 13.6 Å². The summed E-state index contributed by atoms with van der Waals surface area (Å²) in [5.74, 6) is -2.06. The minimum Gasteiger partial charge on any atom is -0.358 e. The molecule has 1 amide bonds. The fraction of sp³-hybridized carbons (Fsp3) is 0.385. The van der Waals surface area contributed by atoms with Crippen LogP contribution in [0.4, 0.5) is 8.78 Å². The highest BCUT2D eigenvalue weighted by Crippen LogP contribution is 2.12. The predicted molar refractivity (Wildman–Crippen MR) is 73.7 cm³/mol. The summed E-state index contributed by atoms with van der Waals surface area (Å²) >= 11 is 4.93. The summed E-state index contributed by atoms with van der Waals surface area (Å²) in [6.07, 6.45) is -0.398. The van der Waals surface area contributed by atoms with Crippen LogP contribution in [0.5, 0.6) is 0 Å². The molecule has 0 saturated carbocycles. The number of benzene rings is 1. The summed E-state index contributed by atoms with van der Waals surface area (Å²) < 4.78 is 26.7. The molecule has 6 heteroatoms. The molecule has 0 aliphatic rings. The second-order valence-electron chi connectivity index (χ2n) is 5.13. The fourth-order valence-corrected chi connectivity index (χ4v) is 1.82. The Morgan fingerprint density at radius 3 is 2.26 bits per heavy atom. The van der Waals surface area contributed by atoms with Crippen LogP contribution in [-0.2, 0) is 11.2 Å². The van der Waals surface area contributed by atoms with Crippen molar-refractivity contribution in [1.29, 1.82) is 0 Å². The van der Waals surface area contributed by atoms with Gasteiger partial charge < -0.3 is 10.6 Å². The number of carbonyl (C=O) groups excluding carboxylic acids is 1. The molecule has 1 rings (SSSR count). The van der Waals surface area contributed by atoms with Crippen LogP contribution in [0.3, 0.4) is 0 Å². The van der Waals surface area contributed by atoms with Crippen molar-refractivity contribution < 1.29 is 13.6 Å². The molecule has 0 bridgehead atoms. The number of hydrogen-bond acceptors (Lipinski definition) is 2. The number of thiocarbonyl (C=S) groups is 1. The van der Waals surface area contributed by atoms with E-state index in [4.69, 9.17) is 12.2 Å². The van der Waals surface area contributed by atoms with Gasteiger partial charge in [0.15, 0.2) is 5.11 Å². The molecule has 3 nitrogen and oxygen atoms in total. The number of halogens is 2. The lowest BCUT2D eigenvalue weighted by Gasteiger charge is -2.22. The molecule has 2 N–H and O–H groups in total. The van der Waals surface area contributed by atoms with Gasteiger partial charge in [0.2, 0.25) is 5.91 Å². The standard InChI is InChI=1S/C13H16F2N2OS/c1-13(2,3)17-12(19)16-11(18)7-8-9(14)5-4-6-10(8)15/h4-6H,7H2,1-3H3,(H2,16,17,18,19). The van der Waals surface area contributed by atoms with Gasteiger partial charge >= 0.3 is 0 Å². The Morgan fingerprint density at radius 1 is 1.26 bits per heavy atom. The molecular weight excluding hydrogens is 270 g/mol. The highest BCUT2D eigenvalue weighted by Gasteiger charge is 2.16. The Labute approximate surface area is 116 Å². The predicted octanol–water partition coefficient (Wildman–Crippen LogP) is 2.30. The van der Waals surface area contributed by atoms with Crippen molar-refractivity contribution in [2.24, 2.45) is 0 Å². The van der Waals surface area contributed by atoms with E-state index in [0.29, 0.717) is 0 Å². The van der Waals surface area contributed by atoms with Crippen LogP contribution in [0.15, 0.2) is 18.2 Å². The van der Waals surface area contributed by atoms with Crippen molar-refractivity contribution in [3.05, 3.63) is 35.4 Å². The third kappa shape index (κ3) is 5.30. The molecule has 0 atom stereocenters. The summed E-state index contributed by atoms with van der Waals surface area (Å²) in [6, 6.07) is 3.46. The Morgan fingerprint density at radius 2 is 1.79 bits per heavy atom. The van der Waals surface area contributed by atoms with E-state index in [1.807, 2.05) is 20.8 Å². The largest absolute Gasteiger partial charge is 0.358 e. The SMILES string of the molecule is CC(C)(C)NC(=S)NC(=O)Cc1c(F)cccc1F. The van der Waals surface area contributed by atoms with Gasteiger partial charge in [0.1, 0.15) is 11.6 Å². The Balaban J connectivity index is 2.64. The molecule has 0 aliphatic heterocycles. The average molecular weight is 286 g/mol. The molecule has 0 aliphatic carbocycles. The molecule has 0 radical (unpaired) electrons. The Hall–Kier alpha value is -1.56. The molecule has 0 spiro atoms. The van der Waals surface area contributed by atoms with Crippen molar-refractivity contribution in [3.8, 4) is 0 Å². The second-order valence-corrected chi connectivity index (χ2v) is 5.54. The molecule has 0 saturated heterocycles. The first-order chi connectivity index (χ1) is 8.69. The quantitative estimate of drug-likeness (QED) is 0.820. The van der Waals surface area contributed by atoms with Gasteiger partial charge in [-0.15, -0.1) is 0 Å². The molecule has 0 heterocycles. The number of hydrogen-bond donors (Lipinski definition) is 2. The minimum atomic E-state index is -0.746. The van der Waals surface area contributed by atoms with Crippen molar-refractivity contribution in [3.63, 3.8) is 0 Å². The van der Waals surface area contributed by atoms with Crippen molar-refractivity contribution in [2.75, 3.05) is 0 Å². The summed E-state index contributed by atoms with van der Waals surface area (Å²) in [4.78, 5) is 11.6. The van der Waals surface area contributed by atoms with Crippen LogP contribution in [0.1, 0.15) is 26.3 Å². The van der Waals surface area contributed by atoms with E-state index in [1.54, 1.807) is 0 Å². The first-order valence-corrected chi connectivity index (χ1v) is 6.15. The van der Waals surface area contributed by atoms with Gasteiger partial charge in [-0.25, -0.2) is 8.78 Å². The molecule has 104 valence electrons. The number of rotatable bonds is 2. The Kier molecular flexibility index (Phi) is 4.94. The van der Waals surface area contributed by atoms with Crippen molar-refractivity contribution >= 4 is 23.2 Å². The van der Waals surface area contributed by atoms with E-state index in [-0.39, 0.29) is 16.2 Å². The van der Waals surface area contributed by atoms with E-state index < -0.39 is 24.0 Å². The monoisotopic (exact) mass is 286 g/mol. The van der Waals surface area contributed by atoms with Gasteiger partial charge in [-0.1, -0.05) is 6.07 Å². The lowest BCUT2D eigenvalue weighted by molar-refractivity contribution is -0.119. The third-order valence-electron chi connectivity index (χ3n) is 2.14. The molecule has 1 aromatic rings. The zero-order chi connectivity index (χ0) is 14.6. The van der Waals surface area contributed by atoms with E-state index in [1.165, 1.54) is 6.07 Å². The van der Waals surface area contributed by atoms with E-state index in [0.717, 1.165) is 12.1 Å². The summed E-state index contributed by atoms with van der Waals surface area (Å²) in [5, 5.41) is 5.40.